The highest BCUT2D eigenvalue weighted by Gasteiger charge is 2.31. The van der Waals surface area contributed by atoms with Crippen LogP contribution in [0.15, 0.2) is 53.3 Å². The molecular weight excluding hydrogens is 329 g/mol. The number of aromatic nitrogens is 2. The largest absolute Gasteiger partial charge is 0.416 e. The fourth-order valence-corrected chi connectivity index (χ4v) is 3.08. The standard InChI is InChI=1S/C19H13F3N2O/c20-19(21,22)14-6-7-15-16(11-14)23-17-13(8-9-24(17)18(15)25)10-12-4-2-1-3-5-12/h1-7,10-11H,8-9H2/b13-10+. The Hall–Kier alpha value is -2.89. The molecule has 0 bridgehead atoms. The average Bonchev–Trinajstić information content (AvgIpc) is 2.98. The van der Waals surface area contributed by atoms with Gasteiger partial charge in [0.25, 0.3) is 5.56 Å². The molecule has 3 nitrogen and oxygen atoms in total. The highest BCUT2D eigenvalue weighted by Crippen LogP contribution is 2.32. The van der Waals surface area contributed by atoms with Gasteiger partial charge in [0.15, 0.2) is 0 Å². The van der Waals surface area contributed by atoms with E-state index in [9.17, 15) is 18.0 Å². The molecule has 2 aromatic carbocycles. The molecule has 0 unspecified atom stereocenters. The predicted octanol–water partition coefficient (Wildman–Crippen LogP) is 4.36. The Balaban J connectivity index is 1.90. The number of hydrogen-bond acceptors (Lipinski definition) is 2. The lowest BCUT2D eigenvalue weighted by molar-refractivity contribution is -0.137. The monoisotopic (exact) mass is 342 g/mol. The second-order valence-corrected chi connectivity index (χ2v) is 5.95. The van der Waals surface area contributed by atoms with Crippen molar-refractivity contribution in [1.29, 1.82) is 0 Å². The molecule has 0 spiro atoms. The molecule has 25 heavy (non-hydrogen) atoms. The van der Waals surface area contributed by atoms with Crippen LogP contribution >= 0.6 is 0 Å². The SMILES string of the molecule is O=c1c2ccc(C(F)(F)F)cc2nc2n1CC/C2=C\c1ccccc1. The summed E-state index contributed by atoms with van der Waals surface area (Å²) in [4.78, 5) is 17.0. The Morgan fingerprint density at radius 3 is 2.56 bits per heavy atom. The molecule has 0 amide bonds. The number of alkyl halides is 3. The highest BCUT2D eigenvalue weighted by atomic mass is 19.4. The zero-order valence-electron chi connectivity index (χ0n) is 13.0. The third kappa shape index (κ3) is 2.73. The molecule has 0 radical (unpaired) electrons. The van der Waals surface area contributed by atoms with Crippen molar-refractivity contribution in [1.82, 2.24) is 9.55 Å². The van der Waals surface area contributed by atoms with Crippen molar-refractivity contribution in [3.05, 3.63) is 75.8 Å². The van der Waals surface area contributed by atoms with E-state index in [0.29, 0.717) is 18.8 Å². The molecule has 0 N–H and O–H groups in total. The molecule has 2 heterocycles. The smallest absolute Gasteiger partial charge is 0.292 e. The second kappa shape index (κ2) is 5.58. The van der Waals surface area contributed by atoms with Crippen molar-refractivity contribution < 1.29 is 13.2 Å². The van der Waals surface area contributed by atoms with Gasteiger partial charge < -0.3 is 0 Å². The number of hydrogen-bond donors (Lipinski definition) is 0. The van der Waals surface area contributed by atoms with E-state index in [-0.39, 0.29) is 16.5 Å². The summed E-state index contributed by atoms with van der Waals surface area (Å²) in [5.41, 5.74) is 0.785. The molecule has 1 aliphatic heterocycles. The molecular formula is C19H13F3N2O. The molecule has 0 aliphatic carbocycles. The van der Waals surface area contributed by atoms with E-state index >= 15 is 0 Å². The summed E-state index contributed by atoms with van der Waals surface area (Å²) in [5, 5.41) is 0.206. The molecule has 0 saturated carbocycles. The lowest BCUT2D eigenvalue weighted by atomic mass is 10.1. The number of allylic oxidation sites excluding steroid dienone is 1. The van der Waals surface area contributed by atoms with Crippen LogP contribution in [-0.4, -0.2) is 9.55 Å². The number of benzene rings is 2. The van der Waals surface area contributed by atoms with E-state index in [0.717, 1.165) is 23.3 Å². The zero-order valence-corrected chi connectivity index (χ0v) is 13.0. The van der Waals surface area contributed by atoms with E-state index in [1.807, 2.05) is 36.4 Å². The van der Waals surface area contributed by atoms with Crippen molar-refractivity contribution in [2.75, 3.05) is 0 Å². The number of nitrogens with zero attached hydrogens (tertiary/aromatic N) is 2. The second-order valence-electron chi connectivity index (χ2n) is 5.95. The van der Waals surface area contributed by atoms with E-state index in [2.05, 4.69) is 4.98 Å². The van der Waals surface area contributed by atoms with Gasteiger partial charge in [-0.15, -0.1) is 0 Å². The molecule has 1 aromatic heterocycles. The van der Waals surface area contributed by atoms with Crippen LogP contribution in [0.3, 0.4) is 0 Å². The van der Waals surface area contributed by atoms with Crippen LogP contribution in [0.2, 0.25) is 0 Å². The third-order valence-corrected chi connectivity index (χ3v) is 4.32. The van der Waals surface area contributed by atoms with Crippen molar-refractivity contribution in [3.8, 4) is 0 Å². The van der Waals surface area contributed by atoms with Crippen molar-refractivity contribution in [3.63, 3.8) is 0 Å². The lowest BCUT2D eigenvalue weighted by Gasteiger charge is -2.09. The van der Waals surface area contributed by atoms with Gasteiger partial charge in [-0.25, -0.2) is 4.98 Å². The fourth-order valence-electron chi connectivity index (χ4n) is 3.08. The van der Waals surface area contributed by atoms with Gasteiger partial charge in [0, 0.05) is 6.54 Å². The Kier molecular flexibility index (Phi) is 3.49. The van der Waals surface area contributed by atoms with Gasteiger partial charge >= 0.3 is 6.18 Å². The maximum Gasteiger partial charge on any atom is 0.416 e. The molecule has 126 valence electrons. The molecule has 0 fully saturated rings. The zero-order chi connectivity index (χ0) is 17.6. The third-order valence-electron chi connectivity index (χ3n) is 4.32. The first-order valence-corrected chi connectivity index (χ1v) is 7.81. The number of halogens is 3. The number of fused-ring (bicyclic) bond motifs is 2. The molecule has 6 heteroatoms. The fraction of sp³-hybridized carbons (Fsp3) is 0.158. The van der Waals surface area contributed by atoms with E-state index in [1.54, 1.807) is 0 Å². The van der Waals surface area contributed by atoms with Crippen molar-refractivity contribution in [2.45, 2.75) is 19.1 Å². The Morgan fingerprint density at radius 2 is 1.84 bits per heavy atom. The van der Waals surface area contributed by atoms with Crippen LogP contribution in [0.5, 0.6) is 0 Å². The van der Waals surface area contributed by atoms with Gasteiger partial charge in [-0.1, -0.05) is 30.3 Å². The van der Waals surface area contributed by atoms with Gasteiger partial charge in [-0.05, 0) is 41.8 Å². The first-order valence-electron chi connectivity index (χ1n) is 7.81. The molecule has 1 aliphatic rings. The minimum absolute atomic E-state index is 0.0759. The first kappa shape index (κ1) is 15.6. The number of rotatable bonds is 1. The summed E-state index contributed by atoms with van der Waals surface area (Å²) in [6.07, 6.45) is -1.92. The highest BCUT2D eigenvalue weighted by molar-refractivity contribution is 5.85. The topological polar surface area (TPSA) is 34.9 Å². The summed E-state index contributed by atoms with van der Waals surface area (Å²) in [6, 6.07) is 12.6. The van der Waals surface area contributed by atoms with Gasteiger partial charge in [0.05, 0.1) is 16.5 Å². The predicted molar refractivity (Wildman–Crippen MR) is 89.9 cm³/mol. The molecule has 3 aromatic rings. The van der Waals surface area contributed by atoms with E-state index < -0.39 is 11.7 Å². The van der Waals surface area contributed by atoms with Crippen molar-refractivity contribution in [2.24, 2.45) is 0 Å². The molecule has 0 atom stereocenters. The van der Waals surface area contributed by atoms with Crippen LogP contribution in [0.4, 0.5) is 13.2 Å². The van der Waals surface area contributed by atoms with Crippen molar-refractivity contribution >= 4 is 22.6 Å². The summed E-state index contributed by atoms with van der Waals surface area (Å²) in [6.45, 7) is 0.483. The maximum absolute atomic E-state index is 12.9. The normalized spacial score (nSPS) is 15.7. The average molecular weight is 342 g/mol. The Labute approximate surface area is 141 Å². The van der Waals surface area contributed by atoms with Gasteiger partial charge in [-0.2, -0.15) is 13.2 Å². The summed E-state index contributed by atoms with van der Waals surface area (Å²) in [7, 11) is 0. The lowest BCUT2D eigenvalue weighted by Crippen LogP contribution is -2.21. The summed E-state index contributed by atoms with van der Waals surface area (Å²) >= 11 is 0. The van der Waals surface area contributed by atoms with E-state index in [4.69, 9.17) is 0 Å². The Morgan fingerprint density at radius 1 is 1.08 bits per heavy atom. The maximum atomic E-state index is 12.9. The summed E-state index contributed by atoms with van der Waals surface area (Å²) < 4.78 is 40.3. The van der Waals surface area contributed by atoms with Gasteiger partial charge in [0.1, 0.15) is 5.82 Å². The van der Waals surface area contributed by atoms with E-state index in [1.165, 1.54) is 10.6 Å². The first-order chi connectivity index (χ1) is 11.9. The van der Waals surface area contributed by atoms with Gasteiger partial charge in [0.2, 0.25) is 0 Å². The quantitative estimate of drug-likeness (QED) is 0.659. The molecule has 4 rings (SSSR count). The van der Waals surface area contributed by atoms with Crippen LogP contribution in [0.25, 0.3) is 22.6 Å². The van der Waals surface area contributed by atoms with Crippen LogP contribution in [-0.2, 0) is 12.7 Å². The molecule has 0 saturated heterocycles. The minimum Gasteiger partial charge on any atom is -0.292 e. The summed E-state index contributed by atoms with van der Waals surface area (Å²) in [5.74, 6) is 0.445. The van der Waals surface area contributed by atoms with Crippen LogP contribution < -0.4 is 5.56 Å². The van der Waals surface area contributed by atoms with Crippen LogP contribution in [0, 0.1) is 0 Å². The Bertz CT molecular complexity index is 1050. The minimum atomic E-state index is -4.46. The van der Waals surface area contributed by atoms with Crippen LogP contribution in [0.1, 0.15) is 23.4 Å². The van der Waals surface area contributed by atoms with Gasteiger partial charge in [-0.3, -0.25) is 9.36 Å².